The van der Waals surface area contributed by atoms with Crippen LogP contribution in [-0.4, -0.2) is 30.1 Å². The summed E-state index contributed by atoms with van der Waals surface area (Å²) < 4.78 is 19.2. The highest BCUT2D eigenvalue weighted by atomic mass is 35.5. The largest absolute Gasteiger partial charge is 0.497 e. The zero-order valence-corrected chi connectivity index (χ0v) is 20.9. The molecule has 1 heterocycles. The Hall–Kier alpha value is -3.22. The topological polar surface area (TPSA) is 67.8 Å². The highest BCUT2D eigenvalue weighted by molar-refractivity contribution is 6.37. The Morgan fingerprint density at radius 2 is 1.86 bits per heavy atom. The van der Waals surface area contributed by atoms with Crippen LogP contribution >= 0.6 is 23.2 Å². The molecule has 0 atom stereocenters. The number of benzene rings is 3. The summed E-state index contributed by atoms with van der Waals surface area (Å²) >= 11 is 11.8. The fraction of sp³-hybridized carbons (Fsp3) is 0.222. The highest BCUT2D eigenvalue weighted by Gasteiger charge is 2.28. The Bertz CT molecular complexity index is 1370. The molecule has 0 saturated heterocycles. The predicted molar refractivity (Wildman–Crippen MR) is 137 cm³/mol. The van der Waals surface area contributed by atoms with Gasteiger partial charge in [0, 0.05) is 16.8 Å². The van der Waals surface area contributed by atoms with Gasteiger partial charge in [-0.05, 0) is 62.2 Å². The second-order valence-corrected chi connectivity index (χ2v) is 9.77. The molecule has 35 heavy (non-hydrogen) atoms. The summed E-state index contributed by atoms with van der Waals surface area (Å²) in [6, 6.07) is 14.5. The number of hydrogen-bond acceptors (Lipinski definition) is 4. The maximum absolute atomic E-state index is 13.8. The molecule has 180 valence electrons. The molecule has 0 saturated carbocycles. The minimum Gasteiger partial charge on any atom is -0.497 e. The number of ether oxygens (including phenoxy) is 1. The normalized spacial score (nSPS) is 14.1. The van der Waals surface area contributed by atoms with Crippen LogP contribution in [0.5, 0.6) is 5.75 Å². The van der Waals surface area contributed by atoms with Crippen LogP contribution < -0.4 is 10.1 Å². The van der Waals surface area contributed by atoms with E-state index in [1.165, 1.54) is 6.07 Å². The van der Waals surface area contributed by atoms with Crippen molar-refractivity contribution in [2.24, 2.45) is 4.99 Å². The van der Waals surface area contributed by atoms with Crippen molar-refractivity contribution in [2.45, 2.75) is 32.2 Å². The van der Waals surface area contributed by atoms with Gasteiger partial charge in [0.1, 0.15) is 11.6 Å². The quantitative estimate of drug-likeness (QED) is 0.292. The van der Waals surface area contributed by atoms with Gasteiger partial charge in [0.15, 0.2) is 5.78 Å². The number of Topliss-reactive ketones (excluding diaryl/α,β-unsaturated/α-hetero) is 1. The van der Waals surface area contributed by atoms with Crippen molar-refractivity contribution in [2.75, 3.05) is 12.4 Å². The third kappa shape index (κ3) is 5.55. The fourth-order valence-electron chi connectivity index (χ4n) is 4.09. The summed E-state index contributed by atoms with van der Waals surface area (Å²) in [6.07, 6.45) is 0.856. The van der Waals surface area contributed by atoms with E-state index in [1.807, 2.05) is 32.0 Å². The van der Waals surface area contributed by atoms with E-state index in [4.69, 9.17) is 32.9 Å². The number of hydrogen-bond donors (Lipinski definition) is 1. The first-order valence-corrected chi connectivity index (χ1v) is 11.7. The molecule has 0 fully saturated rings. The molecule has 8 heteroatoms. The molecule has 0 spiro atoms. The van der Waals surface area contributed by atoms with E-state index in [0.29, 0.717) is 22.7 Å². The van der Waals surface area contributed by atoms with Crippen LogP contribution in [0, 0.1) is 5.82 Å². The van der Waals surface area contributed by atoms with Crippen LogP contribution in [-0.2, 0) is 6.42 Å². The van der Waals surface area contributed by atoms with Gasteiger partial charge < -0.3 is 10.1 Å². The number of nitrogens with one attached hydrogen (secondary N) is 1. The van der Waals surface area contributed by atoms with Crippen molar-refractivity contribution >= 4 is 46.3 Å². The smallest absolute Gasteiger partial charge is 0.257 e. The number of aliphatic imine (C=N–C) groups is 1. The molecular formula is C27H23Cl2FN2O3. The Morgan fingerprint density at radius 3 is 2.60 bits per heavy atom. The Labute approximate surface area is 212 Å². The predicted octanol–water partition coefficient (Wildman–Crippen LogP) is 6.79. The number of carbonyl (C=O) groups is 2. The summed E-state index contributed by atoms with van der Waals surface area (Å²) in [6.45, 7) is 4.07. The lowest BCUT2D eigenvalue weighted by Crippen LogP contribution is -2.30. The summed E-state index contributed by atoms with van der Waals surface area (Å²) in [5.74, 6) is -0.819. The summed E-state index contributed by atoms with van der Waals surface area (Å²) in [5, 5.41) is 2.50. The Kier molecular flexibility index (Phi) is 6.97. The third-order valence-corrected chi connectivity index (χ3v) is 6.32. The monoisotopic (exact) mass is 512 g/mol. The molecule has 1 aliphatic rings. The van der Waals surface area contributed by atoms with E-state index in [0.717, 1.165) is 23.6 Å². The molecule has 1 N–H and O–H groups in total. The number of fused-ring (bicyclic) bond motifs is 1. The van der Waals surface area contributed by atoms with Gasteiger partial charge >= 0.3 is 0 Å². The molecular weight excluding hydrogens is 490 g/mol. The second kappa shape index (κ2) is 9.80. The second-order valence-electron chi connectivity index (χ2n) is 8.95. The zero-order valence-electron chi connectivity index (χ0n) is 19.4. The Balaban J connectivity index is 1.56. The molecule has 0 radical (unpaired) electrons. The Morgan fingerprint density at radius 1 is 1.09 bits per heavy atom. The van der Waals surface area contributed by atoms with Crippen molar-refractivity contribution < 1.29 is 18.7 Å². The zero-order chi connectivity index (χ0) is 25.3. The number of ketones is 1. The minimum atomic E-state index is -0.752. The van der Waals surface area contributed by atoms with E-state index in [2.05, 4.69) is 5.32 Å². The fourth-order valence-corrected chi connectivity index (χ4v) is 4.56. The number of halogens is 3. The average molecular weight is 513 g/mol. The lowest BCUT2D eigenvalue weighted by Gasteiger charge is -2.29. The molecule has 1 amide bonds. The number of rotatable bonds is 6. The average Bonchev–Trinajstić information content (AvgIpc) is 2.80. The highest BCUT2D eigenvalue weighted by Crippen LogP contribution is 2.31. The van der Waals surface area contributed by atoms with Crippen LogP contribution in [0.1, 0.15) is 52.1 Å². The van der Waals surface area contributed by atoms with Crippen LogP contribution in [0.3, 0.4) is 0 Å². The maximum atomic E-state index is 13.8. The van der Waals surface area contributed by atoms with Crippen molar-refractivity contribution in [1.82, 2.24) is 0 Å². The molecule has 0 unspecified atom stereocenters. The molecule has 3 aromatic carbocycles. The van der Waals surface area contributed by atoms with Crippen LogP contribution in [0.4, 0.5) is 10.1 Å². The van der Waals surface area contributed by atoms with Crippen molar-refractivity contribution in [3.8, 4) is 5.75 Å². The number of methoxy groups -OCH3 is 1. The van der Waals surface area contributed by atoms with Gasteiger partial charge in [-0.15, -0.1) is 0 Å². The lowest BCUT2D eigenvalue weighted by molar-refractivity contribution is 0.0996. The number of amides is 1. The maximum Gasteiger partial charge on any atom is 0.257 e. The number of carbonyl (C=O) groups excluding carboxylic acids is 2. The molecule has 0 aromatic heterocycles. The van der Waals surface area contributed by atoms with Gasteiger partial charge in [-0.25, -0.2) is 4.39 Å². The standard InChI is InChI=1S/C27H23Cl2FN2O3/c1-27(2)14-16-7-8-18(35-3)10-19(16)24(32-27)13-25(33)15-5-4-6-17(9-15)31-26(34)20-11-23(30)22(29)12-21(20)28/h4-12H,13-14H2,1-3H3,(H,31,34). The first-order valence-electron chi connectivity index (χ1n) is 10.9. The number of anilines is 1. The van der Waals surface area contributed by atoms with E-state index >= 15 is 0 Å². The van der Waals surface area contributed by atoms with E-state index in [9.17, 15) is 14.0 Å². The number of nitrogens with zero attached hydrogens (tertiary/aromatic N) is 1. The summed E-state index contributed by atoms with van der Waals surface area (Å²) in [4.78, 5) is 30.7. The summed E-state index contributed by atoms with van der Waals surface area (Å²) in [7, 11) is 1.60. The first kappa shape index (κ1) is 24.9. The third-order valence-electron chi connectivity index (χ3n) is 5.71. The van der Waals surface area contributed by atoms with Crippen LogP contribution in [0.2, 0.25) is 10.0 Å². The van der Waals surface area contributed by atoms with Gasteiger partial charge in [-0.1, -0.05) is 41.4 Å². The van der Waals surface area contributed by atoms with Crippen LogP contribution in [0.15, 0.2) is 59.6 Å². The van der Waals surface area contributed by atoms with Gasteiger partial charge in [0.05, 0.1) is 40.4 Å². The van der Waals surface area contributed by atoms with Crippen LogP contribution in [0.25, 0.3) is 0 Å². The van der Waals surface area contributed by atoms with Crippen molar-refractivity contribution in [3.63, 3.8) is 0 Å². The van der Waals surface area contributed by atoms with Gasteiger partial charge in [0.2, 0.25) is 0 Å². The van der Waals surface area contributed by atoms with E-state index in [-0.39, 0.29) is 33.4 Å². The van der Waals surface area contributed by atoms with Gasteiger partial charge in [0.25, 0.3) is 5.91 Å². The van der Waals surface area contributed by atoms with E-state index in [1.54, 1.807) is 31.4 Å². The minimum absolute atomic E-state index is 0.0214. The SMILES string of the molecule is COc1ccc2c(c1)C(CC(=O)c1cccc(NC(=O)c3cc(F)c(Cl)cc3Cl)c1)=NC(C)(C)C2. The molecule has 5 nitrogen and oxygen atoms in total. The van der Waals surface area contributed by atoms with Gasteiger partial charge in [-0.2, -0.15) is 0 Å². The molecule has 4 rings (SSSR count). The molecule has 0 bridgehead atoms. The van der Waals surface area contributed by atoms with Crippen molar-refractivity contribution in [1.29, 1.82) is 0 Å². The van der Waals surface area contributed by atoms with Gasteiger partial charge in [-0.3, -0.25) is 14.6 Å². The van der Waals surface area contributed by atoms with E-state index < -0.39 is 11.7 Å². The van der Waals surface area contributed by atoms with Crippen molar-refractivity contribution in [3.05, 3.63) is 92.7 Å². The lowest BCUT2D eigenvalue weighted by atomic mass is 9.85. The molecule has 3 aromatic rings. The first-order chi connectivity index (χ1) is 16.6. The molecule has 1 aliphatic heterocycles. The molecule has 0 aliphatic carbocycles. The summed E-state index contributed by atoms with van der Waals surface area (Å²) in [5.41, 5.74) is 3.10.